The first-order valence-electron chi connectivity index (χ1n) is 8.62. The zero-order chi connectivity index (χ0) is 21.2. The Kier molecular flexibility index (Phi) is 5.95. The lowest BCUT2D eigenvalue weighted by Gasteiger charge is -2.19. The predicted octanol–water partition coefficient (Wildman–Crippen LogP) is 4.82. The van der Waals surface area contributed by atoms with E-state index in [1.165, 1.54) is 50.4 Å². The SMILES string of the molecule is COc1ccc(S(=O)(=O)NC(C)c2cc(F)ccc2-c2ccc(F)cc2F)cc1. The molecule has 152 valence electrons. The molecular formula is C21H18F3NO3S. The first-order chi connectivity index (χ1) is 13.7. The minimum Gasteiger partial charge on any atom is -0.497 e. The molecule has 3 aromatic carbocycles. The third-order valence-corrected chi connectivity index (χ3v) is 5.96. The number of methoxy groups -OCH3 is 1. The van der Waals surface area contributed by atoms with Gasteiger partial charge in [0.15, 0.2) is 0 Å². The lowest BCUT2D eigenvalue weighted by Crippen LogP contribution is -2.27. The fraction of sp³-hybridized carbons (Fsp3) is 0.143. The summed E-state index contributed by atoms with van der Waals surface area (Å²) in [6, 6.07) is 11.5. The molecule has 0 fully saturated rings. The zero-order valence-electron chi connectivity index (χ0n) is 15.6. The maximum Gasteiger partial charge on any atom is 0.241 e. The maximum absolute atomic E-state index is 14.3. The van der Waals surface area contributed by atoms with Gasteiger partial charge in [0.1, 0.15) is 23.2 Å². The van der Waals surface area contributed by atoms with Crippen LogP contribution in [0.15, 0.2) is 65.6 Å². The third-order valence-electron chi connectivity index (χ3n) is 4.40. The summed E-state index contributed by atoms with van der Waals surface area (Å²) in [5.41, 5.74) is 0.512. The number of sulfonamides is 1. The van der Waals surface area contributed by atoms with Crippen LogP contribution in [0.4, 0.5) is 13.2 Å². The fourth-order valence-electron chi connectivity index (χ4n) is 2.96. The highest BCUT2D eigenvalue weighted by molar-refractivity contribution is 7.89. The van der Waals surface area contributed by atoms with Gasteiger partial charge in [0.2, 0.25) is 10.0 Å². The number of rotatable bonds is 6. The number of hydrogen-bond acceptors (Lipinski definition) is 3. The summed E-state index contributed by atoms with van der Waals surface area (Å²) in [5, 5.41) is 0. The first-order valence-corrected chi connectivity index (χ1v) is 10.1. The number of halogens is 3. The van der Waals surface area contributed by atoms with Crippen LogP contribution in [-0.2, 0) is 10.0 Å². The van der Waals surface area contributed by atoms with Crippen LogP contribution < -0.4 is 9.46 Å². The number of nitrogens with one attached hydrogen (secondary N) is 1. The molecule has 0 radical (unpaired) electrons. The van der Waals surface area contributed by atoms with E-state index >= 15 is 0 Å². The molecule has 4 nitrogen and oxygen atoms in total. The summed E-state index contributed by atoms with van der Waals surface area (Å²) in [4.78, 5) is -0.00364. The van der Waals surface area contributed by atoms with Crippen molar-refractivity contribution in [1.82, 2.24) is 4.72 Å². The largest absolute Gasteiger partial charge is 0.497 e. The average molecular weight is 421 g/mol. The van der Waals surface area contributed by atoms with Gasteiger partial charge in [-0.3, -0.25) is 0 Å². The molecule has 0 saturated heterocycles. The van der Waals surface area contributed by atoms with Gasteiger partial charge in [0.05, 0.1) is 12.0 Å². The Hall–Kier alpha value is -2.84. The number of hydrogen-bond donors (Lipinski definition) is 1. The van der Waals surface area contributed by atoms with Crippen molar-refractivity contribution < 1.29 is 26.3 Å². The van der Waals surface area contributed by atoms with Crippen molar-refractivity contribution in [3.8, 4) is 16.9 Å². The Morgan fingerprint density at radius 3 is 2.03 bits per heavy atom. The molecule has 8 heteroatoms. The fourth-order valence-corrected chi connectivity index (χ4v) is 4.19. The molecule has 0 bridgehead atoms. The van der Waals surface area contributed by atoms with Gasteiger partial charge in [-0.15, -0.1) is 0 Å². The molecular weight excluding hydrogens is 403 g/mol. The molecule has 0 heterocycles. The monoisotopic (exact) mass is 421 g/mol. The Bertz CT molecular complexity index is 1130. The molecule has 0 aliphatic heterocycles. The van der Waals surface area contributed by atoms with Gasteiger partial charge in [0.25, 0.3) is 0 Å². The van der Waals surface area contributed by atoms with Gasteiger partial charge < -0.3 is 4.74 Å². The van der Waals surface area contributed by atoms with Crippen LogP contribution in [0.1, 0.15) is 18.5 Å². The summed E-state index contributed by atoms with van der Waals surface area (Å²) in [6.45, 7) is 1.51. The molecule has 3 aromatic rings. The van der Waals surface area contributed by atoms with Crippen molar-refractivity contribution in [2.75, 3.05) is 7.11 Å². The topological polar surface area (TPSA) is 55.4 Å². The number of benzene rings is 3. The predicted molar refractivity (Wildman–Crippen MR) is 103 cm³/mol. The molecule has 1 unspecified atom stereocenters. The van der Waals surface area contributed by atoms with Crippen LogP contribution in [0.25, 0.3) is 11.1 Å². The van der Waals surface area contributed by atoms with Crippen LogP contribution in [0.5, 0.6) is 5.75 Å². The van der Waals surface area contributed by atoms with Crippen molar-refractivity contribution in [1.29, 1.82) is 0 Å². The second-order valence-electron chi connectivity index (χ2n) is 6.37. The second kappa shape index (κ2) is 8.26. The van der Waals surface area contributed by atoms with E-state index in [-0.39, 0.29) is 21.6 Å². The standard InChI is InChI=1S/C21H18F3NO3S/c1-13(25-29(26,27)17-7-5-16(28-2)6-8-17)20-11-14(22)3-9-18(20)19-10-4-15(23)12-21(19)24/h3-13,25H,1-2H3. The summed E-state index contributed by atoms with van der Waals surface area (Å²) in [6.07, 6.45) is 0. The van der Waals surface area contributed by atoms with E-state index in [1.54, 1.807) is 0 Å². The molecule has 0 aromatic heterocycles. The summed E-state index contributed by atoms with van der Waals surface area (Å²) < 4.78 is 74.3. The van der Waals surface area contributed by atoms with Gasteiger partial charge in [-0.2, -0.15) is 0 Å². The zero-order valence-corrected chi connectivity index (χ0v) is 16.4. The third kappa shape index (κ3) is 4.60. The van der Waals surface area contributed by atoms with Gasteiger partial charge in [-0.05, 0) is 66.6 Å². The molecule has 3 rings (SSSR count). The van der Waals surface area contributed by atoms with E-state index in [4.69, 9.17) is 4.74 Å². The van der Waals surface area contributed by atoms with E-state index in [2.05, 4.69) is 4.72 Å². The second-order valence-corrected chi connectivity index (χ2v) is 8.09. The normalized spacial score (nSPS) is 12.6. The van der Waals surface area contributed by atoms with E-state index < -0.39 is 33.5 Å². The van der Waals surface area contributed by atoms with Gasteiger partial charge >= 0.3 is 0 Å². The van der Waals surface area contributed by atoms with Crippen molar-refractivity contribution in [3.63, 3.8) is 0 Å². The maximum atomic E-state index is 14.3. The Balaban J connectivity index is 1.98. The van der Waals surface area contributed by atoms with Gasteiger partial charge in [-0.25, -0.2) is 26.3 Å². The van der Waals surface area contributed by atoms with E-state index in [9.17, 15) is 21.6 Å². The smallest absolute Gasteiger partial charge is 0.241 e. The van der Waals surface area contributed by atoms with E-state index in [1.807, 2.05) is 0 Å². The van der Waals surface area contributed by atoms with Crippen LogP contribution in [0.2, 0.25) is 0 Å². The van der Waals surface area contributed by atoms with Gasteiger partial charge in [-0.1, -0.05) is 6.07 Å². The van der Waals surface area contributed by atoms with Crippen LogP contribution in [-0.4, -0.2) is 15.5 Å². The molecule has 0 amide bonds. The minimum absolute atomic E-state index is 0.00364. The minimum atomic E-state index is -3.94. The van der Waals surface area contributed by atoms with Crippen molar-refractivity contribution >= 4 is 10.0 Å². The lowest BCUT2D eigenvalue weighted by molar-refractivity contribution is 0.414. The summed E-state index contributed by atoms with van der Waals surface area (Å²) in [7, 11) is -2.48. The Labute approximate surface area is 167 Å². The van der Waals surface area contributed by atoms with E-state index in [0.717, 1.165) is 18.2 Å². The van der Waals surface area contributed by atoms with Crippen LogP contribution >= 0.6 is 0 Å². The molecule has 1 atom stereocenters. The van der Waals surface area contributed by atoms with Crippen molar-refractivity contribution in [2.24, 2.45) is 0 Å². The van der Waals surface area contributed by atoms with Crippen LogP contribution in [0, 0.1) is 17.5 Å². The van der Waals surface area contributed by atoms with E-state index in [0.29, 0.717) is 11.8 Å². The van der Waals surface area contributed by atoms with Crippen molar-refractivity contribution in [2.45, 2.75) is 17.9 Å². The van der Waals surface area contributed by atoms with Crippen LogP contribution in [0.3, 0.4) is 0 Å². The number of ether oxygens (including phenoxy) is 1. The highest BCUT2D eigenvalue weighted by Gasteiger charge is 2.22. The summed E-state index contributed by atoms with van der Waals surface area (Å²) in [5.74, 6) is -1.69. The van der Waals surface area contributed by atoms with Crippen molar-refractivity contribution in [3.05, 3.63) is 83.7 Å². The summed E-state index contributed by atoms with van der Waals surface area (Å²) >= 11 is 0. The highest BCUT2D eigenvalue weighted by Crippen LogP contribution is 2.32. The highest BCUT2D eigenvalue weighted by atomic mass is 32.2. The lowest BCUT2D eigenvalue weighted by atomic mass is 9.95. The quantitative estimate of drug-likeness (QED) is 0.621. The molecule has 0 saturated carbocycles. The molecule has 1 N–H and O–H groups in total. The van der Waals surface area contributed by atoms with Gasteiger partial charge in [0, 0.05) is 17.7 Å². The molecule has 0 aliphatic rings. The first kappa shape index (κ1) is 20.9. The Morgan fingerprint density at radius 1 is 0.862 bits per heavy atom. The molecule has 0 aliphatic carbocycles. The average Bonchev–Trinajstić information content (AvgIpc) is 2.68. The Morgan fingerprint density at radius 2 is 1.45 bits per heavy atom. The molecule has 29 heavy (non-hydrogen) atoms. The molecule has 0 spiro atoms.